The number of carboxylic acid groups (broad SMARTS) is 1. The highest BCUT2D eigenvalue weighted by Gasteiger charge is 2.27. The molecule has 0 aliphatic heterocycles. The molecule has 0 heterocycles. The Hall–Kier alpha value is -3.63. The number of aliphatic carboxylic acids is 1. The number of urea groups is 1. The van der Waals surface area contributed by atoms with Gasteiger partial charge in [0.15, 0.2) is 0 Å². The number of fused-ring (bicyclic) bond motifs is 1. The average molecular weight is 558 g/mol. The van der Waals surface area contributed by atoms with E-state index in [1.165, 1.54) is 24.3 Å². The van der Waals surface area contributed by atoms with E-state index in [0.29, 0.717) is 17.6 Å². The average Bonchev–Trinajstić information content (AvgIpc) is 2.85. The van der Waals surface area contributed by atoms with Gasteiger partial charge >= 0.3 is 12.0 Å². The van der Waals surface area contributed by atoms with Crippen molar-refractivity contribution in [2.24, 2.45) is 0 Å². The topological polar surface area (TPSA) is 125 Å². The molecule has 37 heavy (non-hydrogen) atoms. The first-order valence-corrected chi connectivity index (χ1v) is 13.2. The molecule has 8 nitrogen and oxygen atoms in total. The zero-order chi connectivity index (χ0) is 26.6. The van der Waals surface area contributed by atoms with Crippen LogP contribution in [0.25, 0.3) is 10.8 Å². The van der Waals surface area contributed by atoms with E-state index in [1.807, 2.05) is 30.3 Å². The maximum absolute atomic E-state index is 12.9. The van der Waals surface area contributed by atoms with Crippen LogP contribution in [0, 0.1) is 0 Å². The Kier molecular flexibility index (Phi) is 7.99. The van der Waals surface area contributed by atoms with Gasteiger partial charge in [0.05, 0.1) is 4.90 Å². The lowest BCUT2D eigenvalue weighted by Gasteiger charge is -2.16. The fraction of sp³-hybridized carbons (Fsp3) is 0.0769. The number of anilines is 1. The minimum absolute atomic E-state index is 0.0956. The van der Waals surface area contributed by atoms with Gasteiger partial charge in [-0.1, -0.05) is 71.7 Å². The highest BCUT2D eigenvalue weighted by molar-refractivity contribution is 7.89. The summed E-state index contributed by atoms with van der Waals surface area (Å²) in [4.78, 5) is 24.1. The number of carbonyl (C=O) groups excluding carboxylic acids is 1. The Balaban J connectivity index is 1.55. The molecule has 0 radical (unpaired) electrons. The van der Waals surface area contributed by atoms with Crippen molar-refractivity contribution in [2.45, 2.75) is 17.5 Å². The van der Waals surface area contributed by atoms with Crippen molar-refractivity contribution in [2.75, 3.05) is 5.32 Å². The summed E-state index contributed by atoms with van der Waals surface area (Å²) in [7, 11) is -4.27. The first-order valence-electron chi connectivity index (χ1n) is 10.9. The predicted octanol–water partition coefficient (Wildman–Crippen LogP) is 5.57. The standard InChI is InChI=1S/C26H21Cl2N3O5S/c27-20-12-21(28)14-23(13-20)37(35,36)31-24(25(32)33)18-7-6-17-8-9-22(11-19(17)10-18)30-26(34)29-15-16-4-2-1-3-5-16/h1-14,24,31H,15H2,(H,32,33)(H2,29,30,34). The Morgan fingerprint density at radius 3 is 2.19 bits per heavy atom. The minimum atomic E-state index is -4.27. The van der Waals surface area contributed by atoms with Crippen molar-refractivity contribution in [1.82, 2.24) is 10.0 Å². The summed E-state index contributed by atoms with van der Waals surface area (Å²) < 4.78 is 28.0. The molecule has 0 fully saturated rings. The smallest absolute Gasteiger partial charge is 0.326 e. The number of halogens is 2. The molecule has 0 saturated heterocycles. The van der Waals surface area contributed by atoms with Gasteiger partial charge in [0, 0.05) is 22.3 Å². The second kappa shape index (κ2) is 11.2. The monoisotopic (exact) mass is 557 g/mol. The van der Waals surface area contributed by atoms with E-state index in [1.54, 1.807) is 30.3 Å². The largest absolute Gasteiger partial charge is 0.480 e. The second-order valence-corrected chi connectivity index (χ2v) is 10.7. The van der Waals surface area contributed by atoms with E-state index in [0.717, 1.165) is 10.9 Å². The van der Waals surface area contributed by atoms with Crippen molar-refractivity contribution in [1.29, 1.82) is 0 Å². The zero-order valence-electron chi connectivity index (χ0n) is 19.1. The Bertz CT molecular complexity index is 1560. The molecule has 0 saturated carbocycles. The molecular formula is C26H21Cl2N3O5S. The minimum Gasteiger partial charge on any atom is -0.480 e. The van der Waals surface area contributed by atoms with Gasteiger partial charge in [0.25, 0.3) is 0 Å². The Morgan fingerprint density at radius 1 is 0.838 bits per heavy atom. The van der Waals surface area contributed by atoms with E-state index < -0.39 is 28.1 Å². The molecule has 1 atom stereocenters. The van der Waals surface area contributed by atoms with Gasteiger partial charge in [-0.2, -0.15) is 4.72 Å². The van der Waals surface area contributed by atoms with Crippen LogP contribution in [-0.4, -0.2) is 25.5 Å². The highest BCUT2D eigenvalue weighted by atomic mass is 35.5. The first kappa shape index (κ1) is 26.4. The lowest BCUT2D eigenvalue weighted by Crippen LogP contribution is -2.33. The number of nitrogens with one attached hydrogen (secondary N) is 3. The van der Waals surface area contributed by atoms with Crippen molar-refractivity contribution in [3.05, 3.63) is 106 Å². The summed E-state index contributed by atoms with van der Waals surface area (Å²) in [6, 6.07) is 21.1. The number of hydrogen-bond acceptors (Lipinski definition) is 4. The summed E-state index contributed by atoms with van der Waals surface area (Å²) in [6.45, 7) is 0.350. The molecule has 2 amide bonds. The summed E-state index contributed by atoms with van der Waals surface area (Å²) in [5, 5.41) is 16.9. The molecule has 0 spiro atoms. The normalized spacial score (nSPS) is 12.2. The lowest BCUT2D eigenvalue weighted by molar-refractivity contribution is -0.139. The fourth-order valence-corrected chi connectivity index (χ4v) is 5.55. The van der Waals surface area contributed by atoms with Crippen LogP contribution in [0.3, 0.4) is 0 Å². The summed E-state index contributed by atoms with van der Waals surface area (Å²) in [6.07, 6.45) is 0. The van der Waals surface area contributed by atoms with Crippen LogP contribution in [0.15, 0.2) is 89.8 Å². The quantitative estimate of drug-likeness (QED) is 0.225. The molecule has 0 aromatic heterocycles. The van der Waals surface area contributed by atoms with E-state index in [9.17, 15) is 23.1 Å². The number of hydrogen-bond donors (Lipinski definition) is 4. The molecule has 4 aromatic carbocycles. The molecule has 0 aliphatic carbocycles. The molecule has 0 bridgehead atoms. The first-order chi connectivity index (χ1) is 17.6. The van der Waals surface area contributed by atoms with Gasteiger partial charge < -0.3 is 15.7 Å². The van der Waals surface area contributed by atoms with Gasteiger partial charge in [-0.15, -0.1) is 0 Å². The zero-order valence-corrected chi connectivity index (χ0v) is 21.4. The number of sulfonamides is 1. The summed E-state index contributed by atoms with van der Waals surface area (Å²) in [5.41, 5.74) is 1.63. The number of amides is 2. The van der Waals surface area contributed by atoms with Gasteiger partial charge in [-0.25, -0.2) is 13.2 Å². The van der Waals surface area contributed by atoms with Crippen LogP contribution < -0.4 is 15.4 Å². The fourth-order valence-electron chi connectivity index (χ4n) is 3.64. The van der Waals surface area contributed by atoms with Gasteiger partial charge in [-0.3, -0.25) is 4.79 Å². The van der Waals surface area contributed by atoms with Crippen molar-refractivity contribution < 1.29 is 23.1 Å². The van der Waals surface area contributed by atoms with Crippen LogP contribution >= 0.6 is 23.2 Å². The number of carbonyl (C=O) groups is 2. The third kappa shape index (κ3) is 6.78. The van der Waals surface area contributed by atoms with Crippen molar-refractivity contribution in [3.8, 4) is 0 Å². The van der Waals surface area contributed by atoms with Gasteiger partial charge in [0.2, 0.25) is 10.0 Å². The van der Waals surface area contributed by atoms with E-state index in [4.69, 9.17) is 23.2 Å². The van der Waals surface area contributed by atoms with Gasteiger partial charge in [-0.05, 0) is 58.3 Å². The highest BCUT2D eigenvalue weighted by Crippen LogP contribution is 2.27. The predicted molar refractivity (Wildman–Crippen MR) is 143 cm³/mol. The van der Waals surface area contributed by atoms with E-state index >= 15 is 0 Å². The molecule has 1 unspecified atom stereocenters. The third-order valence-electron chi connectivity index (χ3n) is 5.42. The third-order valence-corrected chi connectivity index (χ3v) is 7.26. The molecule has 4 rings (SSSR count). The molecule has 4 aromatic rings. The molecule has 0 aliphatic rings. The maximum atomic E-state index is 12.9. The summed E-state index contributed by atoms with van der Waals surface area (Å²) >= 11 is 11.8. The SMILES string of the molecule is O=C(NCc1ccccc1)Nc1ccc2ccc(C(NS(=O)(=O)c3cc(Cl)cc(Cl)c3)C(=O)O)cc2c1. The van der Waals surface area contributed by atoms with Crippen molar-refractivity contribution in [3.63, 3.8) is 0 Å². The molecule has 190 valence electrons. The van der Waals surface area contributed by atoms with Crippen LogP contribution in [0.2, 0.25) is 10.0 Å². The van der Waals surface area contributed by atoms with E-state index in [2.05, 4.69) is 15.4 Å². The Labute approximate surface area is 223 Å². The van der Waals surface area contributed by atoms with Crippen LogP contribution in [-0.2, 0) is 21.4 Å². The molecule has 11 heteroatoms. The van der Waals surface area contributed by atoms with E-state index in [-0.39, 0.29) is 20.5 Å². The molecule has 4 N–H and O–H groups in total. The van der Waals surface area contributed by atoms with Crippen LogP contribution in [0.5, 0.6) is 0 Å². The maximum Gasteiger partial charge on any atom is 0.326 e. The molecular weight excluding hydrogens is 537 g/mol. The second-order valence-electron chi connectivity index (χ2n) is 8.11. The number of carboxylic acids is 1. The summed E-state index contributed by atoms with van der Waals surface area (Å²) in [5.74, 6) is -1.40. The van der Waals surface area contributed by atoms with Crippen LogP contribution in [0.4, 0.5) is 10.5 Å². The van der Waals surface area contributed by atoms with Crippen molar-refractivity contribution >= 4 is 61.7 Å². The number of rotatable bonds is 8. The van der Waals surface area contributed by atoms with Gasteiger partial charge in [0.1, 0.15) is 6.04 Å². The number of benzene rings is 4. The van der Waals surface area contributed by atoms with Crippen LogP contribution in [0.1, 0.15) is 17.2 Å². The lowest BCUT2D eigenvalue weighted by atomic mass is 10.0. The Morgan fingerprint density at radius 2 is 1.51 bits per heavy atom.